The highest BCUT2D eigenvalue weighted by molar-refractivity contribution is 5.96. The number of hydrogen-bond acceptors (Lipinski definition) is 5. The van der Waals surface area contributed by atoms with Crippen LogP contribution in [0.25, 0.3) is 0 Å². The number of methoxy groups -OCH3 is 2. The molecule has 1 aromatic carbocycles. The van der Waals surface area contributed by atoms with Crippen LogP contribution < -0.4 is 4.74 Å². The van der Waals surface area contributed by atoms with E-state index in [4.69, 9.17) is 4.74 Å². The van der Waals surface area contributed by atoms with Gasteiger partial charge in [0, 0.05) is 13.6 Å². The quantitative estimate of drug-likeness (QED) is 0.499. The molecule has 0 atom stereocenters. The van der Waals surface area contributed by atoms with Gasteiger partial charge < -0.3 is 19.5 Å². The van der Waals surface area contributed by atoms with Crippen molar-refractivity contribution in [3.05, 3.63) is 41.7 Å². The minimum Gasteiger partial charge on any atom is -0.502 e. The van der Waals surface area contributed by atoms with Crippen LogP contribution in [0.2, 0.25) is 0 Å². The van der Waals surface area contributed by atoms with Crippen molar-refractivity contribution in [2.45, 2.75) is 6.54 Å². The predicted molar refractivity (Wildman–Crippen MR) is 72.2 cm³/mol. The largest absolute Gasteiger partial charge is 0.502 e. The van der Waals surface area contributed by atoms with Crippen LogP contribution in [0.1, 0.15) is 5.56 Å². The lowest BCUT2D eigenvalue weighted by atomic mass is 10.2. The molecule has 20 heavy (non-hydrogen) atoms. The second kappa shape index (κ2) is 7.18. The third kappa shape index (κ3) is 4.31. The van der Waals surface area contributed by atoms with Gasteiger partial charge in [-0.25, -0.2) is 4.79 Å². The Morgan fingerprint density at radius 2 is 2.05 bits per heavy atom. The molecule has 108 valence electrons. The minimum absolute atomic E-state index is 0.320. The fraction of sp³-hybridized carbons (Fsp3) is 0.286. The normalized spacial score (nSPS) is 10.8. The molecule has 0 saturated carbocycles. The van der Waals surface area contributed by atoms with Crippen molar-refractivity contribution in [2.75, 3.05) is 21.3 Å². The average molecular weight is 279 g/mol. The molecule has 0 aliphatic carbocycles. The van der Waals surface area contributed by atoms with Crippen LogP contribution in [-0.4, -0.2) is 43.2 Å². The zero-order chi connectivity index (χ0) is 15.1. The molecule has 0 bridgehead atoms. The van der Waals surface area contributed by atoms with Gasteiger partial charge in [0.15, 0.2) is 0 Å². The predicted octanol–water partition coefficient (Wildman–Crippen LogP) is 1.27. The molecule has 0 spiro atoms. The Hall–Kier alpha value is -2.50. The highest BCUT2D eigenvalue weighted by Crippen LogP contribution is 2.14. The van der Waals surface area contributed by atoms with E-state index in [0.29, 0.717) is 12.3 Å². The summed E-state index contributed by atoms with van der Waals surface area (Å²) in [6.07, 6.45) is 0.825. The molecule has 1 N–H and O–H groups in total. The smallest absolute Gasteiger partial charge is 0.373 e. The Bertz CT molecular complexity index is 524. The number of ether oxygens (including phenoxy) is 2. The second-order valence-electron chi connectivity index (χ2n) is 4.07. The molecule has 0 aliphatic heterocycles. The van der Waals surface area contributed by atoms with E-state index in [-0.39, 0.29) is 0 Å². The van der Waals surface area contributed by atoms with Crippen molar-refractivity contribution in [1.29, 1.82) is 0 Å². The molecule has 0 aromatic heterocycles. The van der Waals surface area contributed by atoms with Crippen LogP contribution in [0.3, 0.4) is 0 Å². The van der Waals surface area contributed by atoms with Crippen LogP contribution in [-0.2, 0) is 20.9 Å². The first kappa shape index (κ1) is 15.6. The summed E-state index contributed by atoms with van der Waals surface area (Å²) in [6.45, 7) is 0.320. The fourth-order valence-electron chi connectivity index (χ4n) is 1.51. The van der Waals surface area contributed by atoms with Gasteiger partial charge in [-0.15, -0.1) is 0 Å². The van der Waals surface area contributed by atoms with Gasteiger partial charge in [0.05, 0.1) is 20.3 Å². The maximum Gasteiger partial charge on any atom is 0.373 e. The van der Waals surface area contributed by atoms with Gasteiger partial charge in [-0.3, -0.25) is 4.79 Å². The molecule has 1 rings (SSSR count). The highest BCUT2D eigenvalue weighted by atomic mass is 16.5. The minimum atomic E-state index is -0.951. The van der Waals surface area contributed by atoms with Crippen molar-refractivity contribution in [3.63, 3.8) is 0 Å². The SMILES string of the molecule is COC(=O)C(O)=CC(=O)N(C)Cc1cccc(OC)c1. The molecule has 6 nitrogen and oxygen atoms in total. The summed E-state index contributed by atoms with van der Waals surface area (Å²) in [5.74, 6) is -1.49. The van der Waals surface area contributed by atoms with Crippen LogP contribution in [0.15, 0.2) is 36.1 Å². The topological polar surface area (TPSA) is 76.1 Å². The van der Waals surface area contributed by atoms with Gasteiger partial charge in [-0.2, -0.15) is 0 Å². The van der Waals surface area contributed by atoms with E-state index in [1.165, 1.54) is 4.90 Å². The van der Waals surface area contributed by atoms with Crippen molar-refractivity contribution in [2.24, 2.45) is 0 Å². The summed E-state index contributed by atoms with van der Waals surface area (Å²) < 4.78 is 9.39. The average Bonchev–Trinajstić information content (AvgIpc) is 2.46. The van der Waals surface area contributed by atoms with Crippen LogP contribution in [0.5, 0.6) is 5.75 Å². The van der Waals surface area contributed by atoms with Crippen LogP contribution >= 0.6 is 0 Å². The maximum absolute atomic E-state index is 11.8. The zero-order valence-corrected chi connectivity index (χ0v) is 11.6. The van der Waals surface area contributed by atoms with Crippen molar-refractivity contribution in [3.8, 4) is 5.75 Å². The van der Waals surface area contributed by atoms with E-state index >= 15 is 0 Å². The molecular formula is C14H17NO5. The molecule has 1 aromatic rings. The zero-order valence-electron chi connectivity index (χ0n) is 11.6. The van der Waals surface area contributed by atoms with Gasteiger partial charge in [-0.1, -0.05) is 12.1 Å². The monoisotopic (exact) mass is 279 g/mol. The summed E-state index contributed by atoms with van der Waals surface area (Å²) in [7, 11) is 4.24. The first-order valence-corrected chi connectivity index (χ1v) is 5.85. The first-order valence-electron chi connectivity index (χ1n) is 5.85. The van der Waals surface area contributed by atoms with Gasteiger partial charge in [0.2, 0.25) is 5.76 Å². The van der Waals surface area contributed by atoms with Crippen molar-refractivity contribution >= 4 is 11.9 Å². The molecule has 0 heterocycles. The van der Waals surface area contributed by atoms with Crippen LogP contribution in [0, 0.1) is 0 Å². The van der Waals surface area contributed by atoms with Gasteiger partial charge in [0.25, 0.3) is 5.91 Å². The lowest BCUT2D eigenvalue weighted by Crippen LogP contribution is -2.25. The maximum atomic E-state index is 11.8. The lowest BCUT2D eigenvalue weighted by molar-refractivity contribution is -0.139. The van der Waals surface area contributed by atoms with E-state index in [1.807, 2.05) is 12.1 Å². The summed E-state index contributed by atoms with van der Waals surface area (Å²) in [5, 5.41) is 9.30. The third-order valence-electron chi connectivity index (χ3n) is 2.58. The molecule has 1 amide bonds. The Balaban J connectivity index is 2.72. The summed E-state index contributed by atoms with van der Waals surface area (Å²) in [5.41, 5.74) is 0.867. The lowest BCUT2D eigenvalue weighted by Gasteiger charge is -2.15. The van der Waals surface area contributed by atoms with Crippen molar-refractivity contribution < 1.29 is 24.2 Å². The Morgan fingerprint density at radius 1 is 1.35 bits per heavy atom. The number of benzene rings is 1. The summed E-state index contributed by atoms with van der Waals surface area (Å²) >= 11 is 0. The van der Waals surface area contributed by atoms with E-state index in [0.717, 1.165) is 18.7 Å². The number of rotatable bonds is 5. The molecule has 0 fully saturated rings. The number of likely N-dealkylation sites (N-methyl/N-ethyl adjacent to an activating group) is 1. The number of aliphatic hydroxyl groups excluding tert-OH is 1. The second-order valence-corrected chi connectivity index (χ2v) is 4.07. The number of nitrogens with zero attached hydrogens (tertiary/aromatic N) is 1. The number of aliphatic hydroxyl groups is 1. The molecule has 6 heteroatoms. The highest BCUT2D eigenvalue weighted by Gasteiger charge is 2.13. The molecule has 0 aliphatic rings. The third-order valence-corrected chi connectivity index (χ3v) is 2.58. The fourth-order valence-corrected chi connectivity index (χ4v) is 1.51. The summed E-state index contributed by atoms with van der Waals surface area (Å²) in [4.78, 5) is 24.1. The molecule has 0 saturated heterocycles. The number of carbonyl (C=O) groups is 2. The Morgan fingerprint density at radius 3 is 2.65 bits per heavy atom. The van der Waals surface area contributed by atoms with E-state index in [9.17, 15) is 14.7 Å². The van der Waals surface area contributed by atoms with Gasteiger partial charge in [0.1, 0.15) is 5.75 Å². The Labute approximate surface area is 117 Å². The number of hydrogen-bond donors (Lipinski definition) is 1. The molecular weight excluding hydrogens is 262 g/mol. The molecule has 0 unspecified atom stereocenters. The van der Waals surface area contributed by atoms with Crippen LogP contribution in [0.4, 0.5) is 0 Å². The van der Waals surface area contributed by atoms with E-state index in [1.54, 1.807) is 26.3 Å². The summed E-state index contributed by atoms with van der Waals surface area (Å²) in [6, 6.07) is 7.26. The van der Waals surface area contributed by atoms with Crippen molar-refractivity contribution in [1.82, 2.24) is 4.90 Å². The first-order chi connectivity index (χ1) is 9.47. The van der Waals surface area contributed by atoms with Gasteiger partial charge in [-0.05, 0) is 17.7 Å². The van der Waals surface area contributed by atoms with E-state index < -0.39 is 17.6 Å². The van der Waals surface area contributed by atoms with Gasteiger partial charge >= 0.3 is 5.97 Å². The number of amides is 1. The Kier molecular flexibility index (Phi) is 5.58. The molecule has 0 radical (unpaired) electrons. The number of esters is 1. The number of carbonyl (C=O) groups excluding carboxylic acids is 2. The standard InChI is InChI=1S/C14H17NO5/c1-15(13(17)8-12(16)14(18)20-3)9-10-5-4-6-11(7-10)19-2/h4-8,16H,9H2,1-3H3. The van der Waals surface area contributed by atoms with E-state index in [2.05, 4.69) is 4.74 Å².